The van der Waals surface area contributed by atoms with Gasteiger partial charge in [0.15, 0.2) is 0 Å². The van der Waals surface area contributed by atoms with E-state index in [1.165, 1.54) is 4.90 Å². The summed E-state index contributed by atoms with van der Waals surface area (Å²) in [5.41, 5.74) is 0.864. The third-order valence-electron chi connectivity index (χ3n) is 2.10. The molecule has 0 bridgehead atoms. The number of aliphatic hydroxyl groups is 1. The standard InChI is InChI=1S/C9H8ClNO3/c1-11-7-5(3-2-4-6(7)10)8(12)14-9(11)13/h2-4,9,13H,1H3. The van der Waals surface area contributed by atoms with E-state index in [1.807, 2.05) is 0 Å². The highest BCUT2D eigenvalue weighted by Gasteiger charge is 2.30. The molecule has 0 radical (unpaired) electrons. The lowest BCUT2D eigenvalue weighted by atomic mass is 10.1. The number of ether oxygens (including phenoxy) is 1. The SMILES string of the molecule is CN1c2c(Cl)cccc2C(=O)OC1O. The molecule has 1 aromatic rings. The fraction of sp³-hybridized carbons (Fsp3) is 0.222. The topological polar surface area (TPSA) is 49.8 Å². The molecule has 1 aliphatic heterocycles. The molecule has 1 N–H and O–H groups in total. The Kier molecular flexibility index (Phi) is 2.09. The Hall–Kier alpha value is -1.26. The Morgan fingerprint density at radius 2 is 2.29 bits per heavy atom. The first-order chi connectivity index (χ1) is 6.61. The van der Waals surface area contributed by atoms with Crippen molar-refractivity contribution in [1.29, 1.82) is 0 Å². The normalized spacial score (nSPS) is 20.4. The molecule has 1 atom stereocenters. The van der Waals surface area contributed by atoms with Gasteiger partial charge in [-0.05, 0) is 12.1 Å². The van der Waals surface area contributed by atoms with Crippen LogP contribution in [0.3, 0.4) is 0 Å². The summed E-state index contributed by atoms with van der Waals surface area (Å²) < 4.78 is 4.66. The van der Waals surface area contributed by atoms with Crippen molar-refractivity contribution < 1.29 is 14.6 Å². The summed E-state index contributed by atoms with van der Waals surface area (Å²) >= 11 is 5.91. The van der Waals surface area contributed by atoms with Gasteiger partial charge in [0.25, 0.3) is 6.41 Å². The molecule has 1 aromatic carbocycles. The molecule has 4 nitrogen and oxygen atoms in total. The van der Waals surface area contributed by atoms with Crippen LogP contribution in [0.4, 0.5) is 5.69 Å². The van der Waals surface area contributed by atoms with Crippen molar-refractivity contribution in [3.8, 4) is 0 Å². The number of hydrogen-bond donors (Lipinski definition) is 1. The summed E-state index contributed by atoms with van der Waals surface area (Å²) in [6.07, 6.45) is -1.27. The number of esters is 1. The smallest absolute Gasteiger partial charge is 0.343 e. The number of para-hydroxylation sites is 1. The number of anilines is 1. The first-order valence-electron chi connectivity index (χ1n) is 4.01. The number of cyclic esters (lactones) is 1. The molecular weight excluding hydrogens is 206 g/mol. The molecule has 0 spiro atoms. The highest BCUT2D eigenvalue weighted by atomic mass is 35.5. The average molecular weight is 214 g/mol. The molecular formula is C9H8ClNO3. The Balaban J connectivity index is 2.62. The van der Waals surface area contributed by atoms with Crippen molar-refractivity contribution in [3.05, 3.63) is 28.8 Å². The molecule has 1 unspecified atom stereocenters. The van der Waals surface area contributed by atoms with E-state index >= 15 is 0 Å². The van der Waals surface area contributed by atoms with Crippen molar-refractivity contribution in [1.82, 2.24) is 0 Å². The molecule has 0 saturated carbocycles. The minimum absolute atomic E-state index is 0.366. The van der Waals surface area contributed by atoms with Gasteiger partial charge >= 0.3 is 5.97 Å². The summed E-state index contributed by atoms with van der Waals surface area (Å²) in [6, 6.07) is 4.92. The second kappa shape index (κ2) is 3.15. The Bertz CT molecular complexity index is 394. The van der Waals surface area contributed by atoms with Crippen molar-refractivity contribution >= 4 is 23.3 Å². The van der Waals surface area contributed by atoms with Crippen molar-refractivity contribution in [2.24, 2.45) is 0 Å². The third kappa shape index (κ3) is 1.23. The fourth-order valence-electron chi connectivity index (χ4n) is 1.39. The van der Waals surface area contributed by atoms with Crippen molar-refractivity contribution in [3.63, 3.8) is 0 Å². The van der Waals surface area contributed by atoms with Gasteiger partial charge in [0.2, 0.25) is 0 Å². The van der Waals surface area contributed by atoms with Crippen LogP contribution >= 0.6 is 11.6 Å². The van der Waals surface area contributed by atoms with Gasteiger partial charge in [0, 0.05) is 7.05 Å². The molecule has 1 aliphatic rings. The highest BCUT2D eigenvalue weighted by molar-refractivity contribution is 6.34. The van der Waals surface area contributed by atoms with Crippen LogP contribution < -0.4 is 4.90 Å². The Labute approximate surface area is 85.7 Å². The van der Waals surface area contributed by atoms with E-state index in [4.69, 9.17) is 11.6 Å². The van der Waals surface area contributed by atoms with Crippen molar-refractivity contribution in [2.75, 3.05) is 11.9 Å². The van der Waals surface area contributed by atoms with Crippen LogP contribution in [-0.4, -0.2) is 24.5 Å². The lowest BCUT2D eigenvalue weighted by Gasteiger charge is -2.31. The summed E-state index contributed by atoms with van der Waals surface area (Å²) in [5.74, 6) is -0.562. The molecule has 74 valence electrons. The number of fused-ring (bicyclic) bond motifs is 1. The van der Waals surface area contributed by atoms with Crippen LogP contribution in [0.15, 0.2) is 18.2 Å². The predicted molar refractivity (Wildman–Crippen MR) is 51.3 cm³/mol. The van der Waals surface area contributed by atoms with Gasteiger partial charge in [-0.15, -0.1) is 0 Å². The first-order valence-corrected chi connectivity index (χ1v) is 4.39. The molecule has 0 saturated heterocycles. The maximum atomic E-state index is 11.3. The number of aliphatic hydroxyl groups excluding tert-OH is 1. The van der Waals surface area contributed by atoms with Gasteiger partial charge in [-0.2, -0.15) is 0 Å². The predicted octanol–water partition coefficient (Wildman–Crippen LogP) is 1.22. The number of carbonyl (C=O) groups is 1. The zero-order valence-electron chi connectivity index (χ0n) is 7.40. The van der Waals surface area contributed by atoms with Gasteiger partial charge in [0.05, 0.1) is 16.3 Å². The largest absolute Gasteiger partial charge is 0.413 e. The van der Waals surface area contributed by atoms with Gasteiger partial charge in [-0.1, -0.05) is 17.7 Å². The summed E-state index contributed by atoms with van der Waals surface area (Å²) in [4.78, 5) is 12.7. The quantitative estimate of drug-likeness (QED) is 0.659. The van der Waals surface area contributed by atoms with E-state index in [-0.39, 0.29) is 0 Å². The molecule has 5 heteroatoms. The second-order valence-corrected chi connectivity index (χ2v) is 3.39. The number of nitrogens with zero attached hydrogens (tertiary/aromatic N) is 1. The maximum Gasteiger partial charge on any atom is 0.343 e. The van der Waals surface area contributed by atoms with Gasteiger partial charge in [-0.3, -0.25) is 0 Å². The van der Waals surface area contributed by atoms with E-state index in [1.54, 1.807) is 25.2 Å². The highest BCUT2D eigenvalue weighted by Crippen LogP contribution is 2.33. The van der Waals surface area contributed by atoms with Crippen LogP contribution in [-0.2, 0) is 4.74 Å². The molecule has 0 aliphatic carbocycles. The monoisotopic (exact) mass is 213 g/mol. The van der Waals surface area contributed by atoms with Crippen molar-refractivity contribution in [2.45, 2.75) is 6.41 Å². The molecule has 2 rings (SSSR count). The lowest BCUT2D eigenvalue weighted by Crippen LogP contribution is -2.40. The van der Waals surface area contributed by atoms with Crippen LogP contribution in [0.1, 0.15) is 10.4 Å². The number of hydrogen-bond acceptors (Lipinski definition) is 4. The van der Waals surface area contributed by atoms with Crippen LogP contribution in [0.25, 0.3) is 0 Å². The zero-order valence-corrected chi connectivity index (χ0v) is 8.15. The van der Waals surface area contributed by atoms with Gasteiger partial charge in [0.1, 0.15) is 0 Å². The van der Waals surface area contributed by atoms with E-state index in [0.29, 0.717) is 16.3 Å². The minimum atomic E-state index is -1.27. The van der Waals surface area contributed by atoms with Crippen LogP contribution in [0.2, 0.25) is 5.02 Å². The van der Waals surface area contributed by atoms with E-state index in [0.717, 1.165) is 0 Å². The Morgan fingerprint density at radius 3 is 3.00 bits per heavy atom. The lowest BCUT2D eigenvalue weighted by molar-refractivity contribution is -0.0669. The zero-order chi connectivity index (χ0) is 10.3. The fourth-order valence-corrected chi connectivity index (χ4v) is 1.70. The maximum absolute atomic E-state index is 11.3. The number of carbonyl (C=O) groups excluding carboxylic acids is 1. The van der Waals surface area contributed by atoms with E-state index < -0.39 is 12.4 Å². The van der Waals surface area contributed by atoms with E-state index in [2.05, 4.69) is 4.74 Å². The number of halogens is 1. The van der Waals surface area contributed by atoms with Crippen LogP contribution in [0.5, 0.6) is 0 Å². The molecule has 0 fully saturated rings. The minimum Gasteiger partial charge on any atom is -0.413 e. The molecule has 0 amide bonds. The second-order valence-electron chi connectivity index (χ2n) is 2.98. The third-order valence-corrected chi connectivity index (χ3v) is 2.41. The molecule has 14 heavy (non-hydrogen) atoms. The average Bonchev–Trinajstić information content (AvgIpc) is 2.14. The molecule has 1 heterocycles. The van der Waals surface area contributed by atoms with Crippen LogP contribution in [0, 0.1) is 0 Å². The van der Waals surface area contributed by atoms with E-state index in [9.17, 15) is 9.90 Å². The number of rotatable bonds is 0. The first kappa shape index (κ1) is 9.30. The van der Waals surface area contributed by atoms with Gasteiger partial charge in [-0.25, -0.2) is 4.79 Å². The van der Waals surface area contributed by atoms with Gasteiger partial charge < -0.3 is 14.7 Å². The molecule has 0 aromatic heterocycles. The summed E-state index contributed by atoms with van der Waals surface area (Å²) in [5, 5.41) is 9.76. The summed E-state index contributed by atoms with van der Waals surface area (Å²) in [6.45, 7) is 0. The Morgan fingerprint density at radius 1 is 1.57 bits per heavy atom. The summed E-state index contributed by atoms with van der Waals surface area (Å²) in [7, 11) is 1.60. The number of benzene rings is 1.